The minimum Gasteiger partial charge on any atom is -0.232 e. The maximum atomic E-state index is 6.07. The predicted octanol–water partition coefficient (Wildman–Crippen LogP) is 4.30. The number of hydrogen-bond donors (Lipinski definition) is 0. The van der Waals surface area contributed by atoms with Crippen LogP contribution >= 0.6 is 22.9 Å². The summed E-state index contributed by atoms with van der Waals surface area (Å²) in [4.78, 5) is 11.4. The number of hydrogen-bond acceptors (Lipinski definition) is 3. The molecule has 0 aromatic carbocycles. The Balaban J connectivity index is 2.01. The molecule has 0 radical (unpaired) electrons. The van der Waals surface area contributed by atoms with Crippen molar-refractivity contribution in [2.75, 3.05) is 0 Å². The quantitative estimate of drug-likeness (QED) is 0.773. The van der Waals surface area contributed by atoms with Gasteiger partial charge in [-0.25, -0.2) is 9.97 Å². The molecule has 17 heavy (non-hydrogen) atoms. The molecule has 2 aromatic heterocycles. The summed E-state index contributed by atoms with van der Waals surface area (Å²) in [6.45, 7) is 2.16. The second kappa shape index (κ2) is 4.39. The van der Waals surface area contributed by atoms with E-state index in [1.54, 1.807) is 11.3 Å². The van der Waals surface area contributed by atoms with E-state index in [4.69, 9.17) is 11.6 Å². The van der Waals surface area contributed by atoms with E-state index in [9.17, 15) is 0 Å². The van der Waals surface area contributed by atoms with E-state index in [-0.39, 0.29) is 0 Å². The van der Waals surface area contributed by atoms with Crippen LogP contribution in [0, 0.1) is 0 Å². The molecule has 88 valence electrons. The minimum absolute atomic E-state index is 0.559. The van der Waals surface area contributed by atoms with Crippen molar-refractivity contribution in [3.8, 4) is 10.7 Å². The SMILES string of the molecule is CCc1ccc(-c2nc(Cl)cc(C3CC3)n2)s1. The Hall–Kier alpha value is -0.930. The highest BCUT2D eigenvalue weighted by Gasteiger charge is 2.26. The van der Waals surface area contributed by atoms with E-state index < -0.39 is 0 Å². The lowest BCUT2D eigenvalue weighted by Gasteiger charge is -2.02. The fourth-order valence-corrected chi connectivity index (χ4v) is 2.89. The number of rotatable bonds is 3. The molecule has 3 rings (SSSR count). The second-order valence-electron chi connectivity index (χ2n) is 4.33. The maximum absolute atomic E-state index is 6.07. The van der Waals surface area contributed by atoms with E-state index in [1.165, 1.54) is 17.7 Å². The number of nitrogens with zero attached hydrogens (tertiary/aromatic N) is 2. The Morgan fingerprint density at radius 1 is 1.35 bits per heavy atom. The van der Waals surface area contributed by atoms with Crippen LogP contribution in [0.5, 0.6) is 0 Å². The van der Waals surface area contributed by atoms with Gasteiger partial charge in [0.25, 0.3) is 0 Å². The number of aromatic nitrogens is 2. The van der Waals surface area contributed by atoms with Gasteiger partial charge in [0.15, 0.2) is 5.82 Å². The van der Waals surface area contributed by atoms with Crippen molar-refractivity contribution >= 4 is 22.9 Å². The number of halogens is 1. The van der Waals surface area contributed by atoms with Gasteiger partial charge in [-0.15, -0.1) is 11.3 Å². The fourth-order valence-electron chi connectivity index (χ4n) is 1.82. The van der Waals surface area contributed by atoms with Crippen molar-refractivity contribution in [3.05, 3.63) is 33.9 Å². The van der Waals surface area contributed by atoms with E-state index in [2.05, 4.69) is 29.0 Å². The van der Waals surface area contributed by atoms with Crippen molar-refractivity contribution < 1.29 is 0 Å². The molecule has 0 spiro atoms. The standard InChI is InChI=1S/C13H13ClN2S/c1-2-9-5-6-11(17-9)13-15-10(8-3-4-8)7-12(14)16-13/h5-8H,2-4H2,1H3. The summed E-state index contributed by atoms with van der Waals surface area (Å²) in [5.41, 5.74) is 1.10. The normalized spacial score (nSPS) is 15.2. The molecule has 2 heterocycles. The molecule has 0 unspecified atom stereocenters. The van der Waals surface area contributed by atoms with Crippen molar-refractivity contribution in [1.29, 1.82) is 0 Å². The average Bonchev–Trinajstić information content (AvgIpc) is 3.06. The van der Waals surface area contributed by atoms with Gasteiger partial charge in [-0.2, -0.15) is 0 Å². The third-order valence-electron chi connectivity index (χ3n) is 2.94. The molecular formula is C13H13ClN2S. The van der Waals surface area contributed by atoms with E-state index in [1.807, 2.05) is 6.07 Å². The van der Waals surface area contributed by atoms with Crippen LogP contribution in [0.3, 0.4) is 0 Å². The summed E-state index contributed by atoms with van der Waals surface area (Å²) in [7, 11) is 0. The van der Waals surface area contributed by atoms with Crippen LogP contribution in [-0.4, -0.2) is 9.97 Å². The van der Waals surface area contributed by atoms with Crippen molar-refractivity contribution in [3.63, 3.8) is 0 Å². The molecule has 1 saturated carbocycles. The second-order valence-corrected chi connectivity index (χ2v) is 5.89. The van der Waals surface area contributed by atoms with Crippen LogP contribution in [0.2, 0.25) is 5.15 Å². The topological polar surface area (TPSA) is 25.8 Å². The van der Waals surface area contributed by atoms with Gasteiger partial charge in [0.2, 0.25) is 0 Å². The summed E-state index contributed by atoms with van der Waals surface area (Å²) < 4.78 is 0. The van der Waals surface area contributed by atoms with Crippen molar-refractivity contribution in [2.24, 2.45) is 0 Å². The Morgan fingerprint density at radius 3 is 2.82 bits per heavy atom. The molecular weight excluding hydrogens is 252 g/mol. The van der Waals surface area contributed by atoms with Crippen LogP contribution in [-0.2, 0) is 6.42 Å². The minimum atomic E-state index is 0.559. The first-order valence-corrected chi connectivity index (χ1v) is 7.09. The van der Waals surface area contributed by atoms with Crippen molar-refractivity contribution in [1.82, 2.24) is 9.97 Å². The zero-order valence-electron chi connectivity index (χ0n) is 9.61. The van der Waals surface area contributed by atoms with Crippen LogP contribution in [0.1, 0.15) is 36.3 Å². The molecule has 1 aliphatic carbocycles. The van der Waals surface area contributed by atoms with Gasteiger partial charge in [0.05, 0.1) is 4.88 Å². The van der Waals surface area contributed by atoms with Gasteiger partial charge in [0.1, 0.15) is 5.15 Å². The third-order valence-corrected chi connectivity index (χ3v) is 4.36. The molecule has 2 nitrogen and oxygen atoms in total. The summed E-state index contributed by atoms with van der Waals surface area (Å²) in [6, 6.07) is 6.13. The van der Waals surface area contributed by atoms with Gasteiger partial charge < -0.3 is 0 Å². The fraction of sp³-hybridized carbons (Fsp3) is 0.385. The highest BCUT2D eigenvalue weighted by atomic mass is 35.5. The molecule has 0 aliphatic heterocycles. The van der Waals surface area contributed by atoms with Crippen LogP contribution in [0.4, 0.5) is 0 Å². The number of thiophene rings is 1. The van der Waals surface area contributed by atoms with Gasteiger partial charge in [0, 0.05) is 16.5 Å². The molecule has 0 amide bonds. The maximum Gasteiger partial charge on any atom is 0.171 e. The first kappa shape index (κ1) is 11.2. The average molecular weight is 265 g/mol. The van der Waals surface area contributed by atoms with Crippen LogP contribution < -0.4 is 0 Å². The Bertz CT molecular complexity index is 546. The molecule has 1 fully saturated rings. The Labute approximate surface area is 110 Å². The molecule has 1 aliphatic rings. The summed E-state index contributed by atoms with van der Waals surface area (Å²) in [5.74, 6) is 1.39. The molecule has 0 atom stereocenters. The third kappa shape index (κ3) is 2.35. The lowest BCUT2D eigenvalue weighted by atomic mass is 10.3. The van der Waals surface area contributed by atoms with E-state index in [0.29, 0.717) is 11.1 Å². The van der Waals surface area contributed by atoms with Gasteiger partial charge in [-0.1, -0.05) is 18.5 Å². The van der Waals surface area contributed by atoms with Gasteiger partial charge in [-0.3, -0.25) is 0 Å². The molecule has 2 aromatic rings. The lowest BCUT2D eigenvalue weighted by Crippen LogP contribution is -1.93. The molecule has 0 bridgehead atoms. The van der Waals surface area contributed by atoms with Gasteiger partial charge in [-0.05, 0) is 37.5 Å². The van der Waals surface area contributed by atoms with E-state index >= 15 is 0 Å². The first-order chi connectivity index (χ1) is 8.26. The highest BCUT2D eigenvalue weighted by Crippen LogP contribution is 2.40. The highest BCUT2D eigenvalue weighted by molar-refractivity contribution is 7.15. The van der Waals surface area contributed by atoms with Gasteiger partial charge >= 0.3 is 0 Å². The smallest absolute Gasteiger partial charge is 0.171 e. The zero-order valence-corrected chi connectivity index (χ0v) is 11.2. The number of aryl methyl sites for hydroxylation is 1. The Kier molecular flexibility index (Phi) is 2.89. The summed E-state index contributed by atoms with van der Waals surface area (Å²) >= 11 is 7.82. The largest absolute Gasteiger partial charge is 0.232 e. The zero-order chi connectivity index (χ0) is 11.8. The van der Waals surface area contributed by atoms with Crippen LogP contribution in [0.25, 0.3) is 10.7 Å². The lowest BCUT2D eigenvalue weighted by molar-refractivity contribution is 0.997. The van der Waals surface area contributed by atoms with Crippen LogP contribution in [0.15, 0.2) is 18.2 Å². The molecule has 4 heteroatoms. The summed E-state index contributed by atoms with van der Waals surface area (Å²) in [5, 5.41) is 0.559. The Morgan fingerprint density at radius 2 is 2.18 bits per heavy atom. The predicted molar refractivity (Wildman–Crippen MR) is 71.7 cm³/mol. The molecule has 0 N–H and O–H groups in total. The van der Waals surface area contributed by atoms with E-state index in [0.717, 1.165) is 22.8 Å². The summed E-state index contributed by atoms with van der Waals surface area (Å²) in [6.07, 6.45) is 3.52. The van der Waals surface area contributed by atoms with Crippen molar-refractivity contribution in [2.45, 2.75) is 32.1 Å². The monoisotopic (exact) mass is 264 g/mol. The molecule has 0 saturated heterocycles. The first-order valence-electron chi connectivity index (χ1n) is 5.90.